The second-order valence-corrected chi connectivity index (χ2v) is 6.03. The van der Waals surface area contributed by atoms with Crippen LogP contribution >= 0.6 is 12.2 Å². The number of aromatic nitrogens is 4. The Morgan fingerprint density at radius 3 is 2.90 bits per heavy atom. The van der Waals surface area contributed by atoms with Crippen molar-refractivity contribution in [3.8, 4) is 0 Å². The number of fused-ring (bicyclic) bond motifs is 1. The summed E-state index contributed by atoms with van der Waals surface area (Å²) < 4.78 is 10.5. The number of imidazole rings is 1. The molecule has 2 unspecified atom stereocenters. The molecular formula is C14H22N4OS. The van der Waals surface area contributed by atoms with E-state index in [1.54, 1.807) is 7.11 Å². The van der Waals surface area contributed by atoms with Crippen LogP contribution in [0, 0.1) is 4.77 Å². The number of methoxy groups -OCH3 is 1. The molecule has 1 saturated carbocycles. The van der Waals surface area contributed by atoms with Crippen molar-refractivity contribution in [3.05, 3.63) is 10.5 Å². The molecule has 0 aromatic carbocycles. The molecule has 0 radical (unpaired) electrons. The Morgan fingerprint density at radius 1 is 1.45 bits per heavy atom. The highest BCUT2D eigenvalue weighted by Gasteiger charge is 2.29. The minimum Gasteiger partial charge on any atom is -0.381 e. The highest BCUT2D eigenvalue weighted by atomic mass is 32.1. The van der Waals surface area contributed by atoms with Gasteiger partial charge in [-0.15, -0.1) is 0 Å². The molecule has 2 atom stereocenters. The lowest BCUT2D eigenvalue weighted by atomic mass is 10.2. The predicted molar refractivity (Wildman–Crippen MR) is 81.6 cm³/mol. The molecule has 1 fully saturated rings. The number of nitrogens with one attached hydrogen (secondary N) is 1. The van der Waals surface area contributed by atoms with Crippen LogP contribution in [-0.2, 0) is 18.2 Å². The molecule has 6 heteroatoms. The van der Waals surface area contributed by atoms with E-state index in [0.29, 0.717) is 12.1 Å². The quantitative estimate of drug-likeness (QED) is 0.881. The summed E-state index contributed by atoms with van der Waals surface area (Å²) in [6.45, 7) is 2.17. The van der Waals surface area contributed by atoms with Crippen LogP contribution in [0.2, 0.25) is 0 Å². The monoisotopic (exact) mass is 294 g/mol. The van der Waals surface area contributed by atoms with Crippen molar-refractivity contribution in [1.82, 2.24) is 19.3 Å². The zero-order valence-electron chi connectivity index (χ0n) is 12.3. The summed E-state index contributed by atoms with van der Waals surface area (Å²) in [4.78, 5) is 3.36. The molecule has 2 heterocycles. The molecule has 1 aliphatic carbocycles. The molecule has 0 saturated heterocycles. The summed E-state index contributed by atoms with van der Waals surface area (Å²) in [6.07, 6.45) is 5.69. The maximum absolute atomic E-state index is 5.55. The standard InChI is InChI=1S/C14H22N4OS/c1-4-5-11-12-13(17(2)16-11)18(14(20)15-12)9-6-7-10(8-9)19-3/h9-10H,4-8H2,1-3H3,(H,15,20). The van der Waals surface area contributed by atoms with Gasteiger partial charge in [-0.2, -0.15) is 5.10 Å². The van der Waals surface area contributed by atoms with Crippen molar-refractivity contribution in [2.75, 3.05) is 7.11 Å². The summed E-state index contributed by atoms with van der Waals surface area (Å²) in [7, 11) is 3.80. The van der Waals surface area contributed by atoms with Gasteiger partial charge in [0, 0.05) is 20.2 Å². The van der Waals surface area contributed by atoms with Crippen LogP contribution in [0.4, 0.5) is 0 Å². The number of nitrogens with zero attached hydrogens (tertiary/aromatic N) is 3. The predicted octanol–water partition coefficient (Wildman–Crippen LogP) is 3.12. The topological polar surface area (TPSA) is 47.8 Å². The van der Waals surface area contributed by atoms with E-state index in [-0.39, 0.29) is 0 Å². The highest BCUT2D eigenvalue weighted by Crippen LogP contribution is 2.34. The van der Waals surface area contributed by atoms with Gasteiger partial charge in [0.05, 0.1) is 11.8 Å². The Morgan fingerprint density at radius 2 is 2.25 bits per heavy atom. The van der Waals surface area contributed by atoms with Gasteiger partial charge in [0.2, 0.25) is 0 Å². The Kier molecular flexibility index (Phi) is 3.69. The van der Waals surface area contributed by atoms with E-state index in [0.717, 1.165) is 53.7 Å². The molecule has 1 N–H and O–H groups in total. The van der Waals surface area contributed by atoms with E-state index < -0.39 is 0 Å². The van der Waals surface area contributed by atoms with Crippen LogP contribution < -0.4 is 0 Å². The third-order valence-corrected chi connectivity index (χ3v) is 4.61. The molecule has 110 valence electrons. The second-order valence-electron chi connectivity index (χ2n) is 5.64. The molecule has 3 rings (SSSR count). The van der Waals surface area contributed by atoms with Crippen molar-refractivity contribution >= 4 is 23.4 Å². The molecule has 1 aliphatic rings. The summed E-state index contributed by atoms with van der Waals surface area (Å²) in [5.74, 6) is 0. The molecule has 20 heavy (non-hydrogen) atoms. The normalized spacial score (nSPS) is 22.9. The lowest BCUT2D eigenvalue weighted by molar-refractivity contribution is 0.106. The second kappa shape index (κ2) is 5.33. The smallest absolute Gasteiger partial charge is 0.179 e. The van der Waals surface area contributed by atoms with E-state index in [2.05, 4.69) is 21.6 Å². The maximum Gasteiger partial charge on any atom is 0.179 e. The number of rotatable bonds is 4. The van der Waals surface area contributed by atoms with Crippen molar-refractivity contribution in [2.45, 2.75) is 51.2 Å². The van der Waals surface area contributed by atoms with Crippen LogP contribution in [-0.4, -0.2) is 32.5 Å². The van der Waals surface area contributed by atoms with Gasteiger partial charge in [-0.1, -0.05) is 13.3 Å². The van der Waals surface area contributed by atoms with Gasteiger partial charge >= 0.3 is 0 Å². The highest BCUT2D eigenvalue weighted by molar-refractivity contribution is 7.71. The first-order valence-corrected chi connectivity index (χ1v) is 7.75. The first-order valence-electron chi connectivity index (χ1n) is 7.34. The van der Waals surface area contributed by atoms with E-state index in [4.69, 9.17) is 17.0 Å². The first kappa shape index (κ1) is 13.8. The molecule has 0 amide bonds. The Bertz CT molecular complexity index is 669. The molecule has 5 nitrogen and oxygen atoms in total. The summed E-state index contributed by atoms with van der Waals surface area (Å²) in [5, 5.41) is 4.64. The number of hydrogen-bond donors (Lipinski definition) is 1. The van der Waals surface area contributed by atoms with Gasteiger partial charge < -0.3 is 9.72 Å². The van der Waals surface area contributed by atoms with Crippen LogP contribution in [0.15, 0.2) is 0 Å². The van der Waals surface area contributed by atoms with Crippen LogP contribution in [0.1, 0.15) is 44.3 Å². The molecule has 2 aromatic rings. The minimum absolute atomic E-state index is 0.357. The van der Waals surface area contributed by atoms with Gasteiger partial charge in [-0.25, -0.2) is 0 Å². The molecule has 0 spiro atoms. The SMILES string of the molecule is CCCc1nn(C)c2c1[nH]c(=S)n2C1CCC(OC)C1. The Hall–Kier alpha value is -1.14. The lowest BCUT2D eigenvalue weighted by Crippen LogP contribution is -2.11. The Balaban J connectivity index is 2.07. The zero-order valence-corrected chi connectivity index (χ0v) is 13.2. The molecular weight excluding hydrogens is 272 g/mol. The summed E-state index contributed by atoms with van der Waals surface area (Å²) >= 11 is 5.55. The number of ether oxygens (including phenoxy) is 1. The summed E-state index contributed by atoms with van der Waals surface area (Å²) in [5.41, 5.74) is 3.36. The average Bonchev–Trinajstić information content (AvgIpc) is 3.07. The van der Waals surface area contributed by atoms with Gasteiger partial charge in [0.15, 0.2) is 10.4 Å². The van der Waals surface area contributed by atoms with Crippen molar-refractivity contribution in [1.29, 1.82) is 0 Å². The molecule has 0 bridgehead atoms. The third kappa shape index (κ3) is 2.11. The van der Waals surface area contributed by atoms with E-state index in [1.807, 2.05) is 11.7 Å². The number of aryl methyl sites for hydroxylation is 2. The fraction of sp³-hybridized carbons (Fsp3) is 0.714. The summed E-state index contributed by atoms with van der Waals surface area (Å²) in [6, 6.07) is 0.422. The largest absolute Gasteiger partial charge is 0.381 e. The van der Waals surface area contributed by atoms with Gasteiger partial charge in [0.25, 0.3) is 0 Å². The fourth-order valence-corrected chi connectivity index (χ4v) is 3.69. The Labute approximate surface area is 123 Å². The van der Waals surface area contributed by atoms with Crippen LogP contribution in [0.3, 0.4) is 0 Å². The minimum atomic E-state index is 0.357. The van der Waals surface area contributed by atoms with E-state index in [1.165, 1.54) is 0 Å². The van der Waals surface area contributed by atoms with Gasteiger partial charge in [-0.05, 0) is 37.9 Å². The number of H-pyrrole nitrogens is 1. The zero-order chi connectivity index (χ0) is 14.3. The molecule has 2 aromatic heterocycles. The van der Waals surface area contributed by atoms with Crippen molar-refractivity contribution in [3.63, 3.8) is 0 Å². The third-order valence-electron chi connectivity index (χ3n) is 4.31. The fourth-order valence-electron chi connectivity index (χ4n) is 3.35. The van der Waals surface area contributed by atoms with Crippen LogP contribution in [0.5, 0.6) is 0 Å². The molecule has 0 aliphatic heterocycles. The van der Waals surface area contributed by atoms with Crippen LogP contribution in [0.25, 0.3) is 11.2 Å². The first-order chi connectivity index (χ1) is 9.65. The van der Waals surface area contributed by atoms with Crippen molar-refractivity contribution in [2.24, 2.45) is 7.05 Å². The van der Waals surface area contributed by atoms with Crippen molar-refractivity contribution < 1.29 is 4.74 Å². The maximum atomic E-state index is 5.55. The van der Waals surface area contributed by atoms with Gasteiger partial charge in [0.1, 0.15) is 5.52 Å². The number of aromatic amines is 1. The van der Waals surface area contributed by atoms with E-state index in [9.17, 15) is 0 Å². The van der Waals surface area contributed by atoms with E-state index >= 15 is 0 Å². The average molecular weight is 294 g/mol. The van der Waals surface area contributed by atoms with Gasteiger partial charge in [-0.3, -0.25) is 9.25 Å². The lowest BCUT2D eigenvalue weighted by Gasteiger charge is -2.13. The number of hydrogen-bond acceptors (Lipinski definition) is 3.